The van der Waals surface area contributed by atoms with Gasteiger partial charge in [-0.3, -0.25) is 14.9 Å². The lowest BCUT2D eigenvalue weighted by Crippen LogP contribution is -2.46. The van der Waals surface area contributed by atoms with Gasteiger partial charge in [0.2, 0.25) is 10.0 Å². The van der Waals surface area contributed by atoms with Gasteiger partial charge in [-0.05, 0) is 49.2 Å². The van der Waals surface area contributed by atoms with Gasteiger partial charge in [0.25, 0.3) is 11.6 Å². The van der Waals surface area contributed by atoms with Crippen LogP contribution in [0.25, 0.3) is 0 Å². The minimum Gasteiger partial charge on any atom is -0.497 e. The number of nitrogens with one attached hydrogen (secondary N) is 1. The number of methoxy groups -OCH3 is 1. The molecule has 1 N–H and O–H groups in total. The van der Waals surface area contributed by atoms with E-state index in [2.05, 4.69) is 5.32 Å². The molecule has 1 heterocycles. The number of piperidine rings is 1. The maximum atomic E-state index is 12.7. The van der Waals surface area contributed by atoms with E-state index in [1.165, 1.54) is 28.6 Å². The van der Waals surface area contributed by atoms with Crippen molar-refractivity contribution in [1.29, 1.82) is 0 Å². The molecule has 0 radical (unpaired) electrons. The number of nitro benzene ring substituents is 1. The molecule has 1 aliphatic heterocycles. The highest BCUT2D eigenvalue weighted by Gasteiger charge is 2.30. The molecule has 9 nitrogen and oxygen atoms in total. The molecular formula is C19H21N3O6S. The van der Waals surface area contributed by atoms with Gasteiger partial charge in [-0.25, -0.2) is 8.42 Å². The summed E-state index contributed by atoms with van der Waals surface area (Å²) in [4.78, 5) is 22.5. The van der Waals surface area contributed by atoms with E-state index in [0.717, 1.165) is 0 Å². The maximum absolute atomic E-state index is 12.7. The average molecular weight is 419 g/mol. The van der Waals surface area contributed by atoms with Gasteiger partial charge in [0, 0.05) is 36.8 Å². The molecule has 0 bridgehead atoms. The Labute approximate surface area is 168 Å². The van der Waals surface area contributed by atoms with Crippen LogP contribution in [0.15, 0.2) is 53.4 Å². The number of amides is 1. The van der Waals surface area contributed by atoms with Crippen molar-refractivity contribution < 1.29 is 22.9 Å². The number of ether oxygens (including phenoxy) is 1. The van der Waals surface area contributed by atoms with Gasteiger partial charge in [0.15, 0.2) is 0 Å². The van der Waals surface area contributed by atoms with E-state index in [9.17, 15) is 23.3 Å². The van der Waals surface area contributed by atoms with Crippen molar-refractivity contribution >= 4 is 21.6 Å². The SMILES string of the molecule is COc1ccc(C(=O)NC2CCN(S(=O)(=O)c3ccc([N+](=O)[O-])cc3)CC2)cc1. The number of hydrogen-bond acceptors (Lipinski definition) is 6. The van der Waals surface area contributed by atoms with Crippen LogP contribution in [0.5, 0.6) is 5.75 Å². The Hall–Kier alpha value is -2.98. The van der Waals surface area contributed by atoms with Crippen LogP contribution < -0.4 is 10.1 Å². The lowest BCUT2D eigenvalue weighted by molar-refractivity contribution is -0.384. The summed E-state index contributed by atoms with van der Waals surface area (Å²) in [5.74, 6) is 0.440. The number of non-ortho nitro benzene ring substituents is 1. The largest absolute Gasteiger partial charge is 0.497 e. The second-order valence-corrected chi connectivity index (χ2v) is 8.57. The van der Waals surface area contributed by atoms with Crippen LogP contribution in [0.2, 0.25) is 0 Å². The molecule has 0 atom stereocenters. The van der Waals surface area contributed by atoms with E-state index in [0.29, 0.717) is 24.2 Å². The second-order valence-electron chi connectivity index (χ2n) is 6.63. The van der Waals surface area contributed by atoms with E-state index in [1.807, 2.05) is 0 Å². The van der Waals surface area contributed by atoms with E-state index >= 15 is 0 Å². The van der Waals surface area contributed by atoms with Crippen molar-refractivity contribution in [3.8, 4) is 5.75 Å². The minimum atomic E-state index is -3.73. The first kappa shape index (κ1) is 20.7. The van der Waals surface area contributed by atoms with Gasteiger partial charge < -0.3 is 10.1 Å². The molecule has 3 rings (SSSR count). The van der Waals surface area contributed by atoms with Crippen LogP contribution in [0.3, 0.4) is 0 Å². The fourth-order valence-electron chi connectivity index (χ4n) is 3.14. The second kappa shape index (κ2) is 8.58. The number of nitro groups is 1. The summed E-state index contributed by atoms with van der Waals surface area (Å²) in [6, 6.07) is 11.4. The number of carbonyl (C=O) groups is 1. The molecule has 0 saturated carbocycles. The highest BCUT2D eigenvalue weighted by Crippen LogP contribution is 2.23. The van der Waals surface area contributed by atoms with Crippen molar-refractivity contribution in [2.45, 2.75) is 23.8 Å². The summed E-state index contributed by atoms with van der Waals surface area (Å²) >= 11 is 0. The quantitative estimate of drug-likeness (QED) is 0.566. The van der Waals surface area contributed by atoms with Crippen LogP contribution in [0.4, 0.5) is 5.69 Å². The molecular weight excluding hydrogens is 398 g/mol. The van der Waals surface area contributed by atoms with Crippen LogP contribution in [0, 0.1) is 10.1 Å². The Kier molecular flexibility index (Phi) is 6.14. The summed E-state index contributed by atoms with van der Waals surface area (Å²) in [6.45, 7) is 0.514. The summed E-state index contributed by atoms with van der Waals surface area (Å²) in [7, 11) is -2.18. The van der Waals surface area contributed by atoms with Crippen molar-refractivity contribution in [3.05, 3.63) is 64.2 Å². The fraction of sp³-hybridized carbons (Fsp3) is 0.316. The number of hydrogen-bond donors (Lipinski definition) is 1. The molecule has 29 heavy (non-hydrogen) atoms. The first-order valence-corrected chi connectivity index (χ1v) is 10.4. The normalized spacial score (nSPS) is 15.6. The van der Waals surface area contributed by atoms with Gasteiger partial charge in [0.1, 0.15) is 5.75 Å². The van der Waals surface area contributed by atoms with Crippen molar-refractivity contribution in [2.75, 3.05) is 20.2 Å². The molecule has 0 unspecified atom stereocenters. The highest BCUT2D eigenvalue weighted by atomic mass is 32.2. The molecule has 10 heteroatoms. The molecule has 2 aromatic carbocycles. The van der Waals surface area contributed by atoms with Crippen molar-refractivity contribution in [3.63, 3.8) is 0 Å². The van der Waals surface area contributed by atoms with Crippen LogP contribution >= 0.6 is 0 Å². The molecule has 154 valence electrons. The minimum absolute atomic E-state index is 0.0174. The van der Waals surface area contributed by atoms with E-state index < -0.39 is 14.9 Å². The van der Waals surface area contributed by atoms with E-state index in [-0.39, 0.29) is 35.6 Å². The van der Waals surface area contributed by atoms with Crippen LogP contribution in [-0.2, 0) is 10.0 Å². The lowest BCUT2D eigenvalue weighted by Gasteiger charge is -2.31. The van der Waals surface area contributed by atoms with E-state index in [1.54, 1.807) is 31.4 Å². The first-order chi connectivity index (χ1) is 13.8. The third-order valence-corrected chi connectivity index (χ3v) is 6.74. The zero-order valence-electron chi connectivity index (χ0n) is 15.8. The predicted molar refractivity (Wildman–Crippen MR) is 105 cm³/mol. The summed E-state index contributed by atoms with van der Waals surface area (Å²) in [5, 5.41) is 13.7. The molecule has 2 aromatic rings. The summed E-state index contributed by atoms with van der Waals surface area (Å²) in [6.07, 6.45) is 0.961. The number of carbonyl (C=O) groups excluding carboxylic acids is 1. The third kappa shape index (κ3) is 4.72. The molecule has 1 saturated heterocycles. The molecule has 1 aliphatic rings. The fourth-order valence-corrected chi connectivity index (χ4v) is 4.61. The Morgan fingerprint density at radius 1 is 1.10 bits per heavy atom. The standard InChI is InChI=1S/C19H21N3O6S/c1-28-17-6-2-14(3-7-17)19(23)20-15-10-12-21(13-11-15)29(26,27)18-8-4-16(5-9-18)22(24)25/h2-9,15H,10-13H2,1H3,(H,20,23). The predicted octanol–water partition coefficient (Wildman–Crippen LogP) is 2.19. The maximum Gasteiger partial charge on any atom is 0.269 e. The molecule has 0 spiro atoms. The van der Waals surface area contributed by atoms with Gasteiger partial charge in [-0.1, -0.05) is 0 Å². The van der Waals surface area contributed by atoms with Crippen molar-refractivity contribution in [1.82, 2.24) is 9.62 Å². The molecule has 0 aliphatic carbocycles. The Morgan fingerprint density at radius 2 is 1.69 bits per heavy atom. The van der Waals surface area contributed by atoms with Crippen LogP contribution in [-0.4, -0.2) is 49.8 Å². The lowest BCUT2D eigenvalue weighted by atomic mass is 10.1. The summed E-state index contributed by atoms with van der Waals surface area (Å²) < 4.78 is 31.9. The topological polar surface area (TPSA) is 119 Å². The number of sulfonamides is 1. The smallest absolute Gasteiger partial charge is 0.269 e. The van der Waals surface area contributed by atoms with Crippen LogP contribution in [0.1, 0.15) is 23.2 Å². The van der Waals surface area contributed by atoms with Crippen molar-refractivity contribution in [2.24, 2.45) is 0 Å². The third-order valence-electron chi connectivity index (χ3n) is 4.83. The zero-order chi connectivity index (χ0) is 21.0. The molecule has 0 aromatic heterocycles. The number of rotatable bonds is 6. The molecule has 1 fully saturated rings. The van der Waals surface area contributed by atoms with Gasteiger partial charge in [-0.15, -0.1) is 0 Å². The monoisotopic (exact) mass is 419 g/mol. The van der Waals surface area contributed by atoms with Gasteiger partial charge in [-0.2, -0.15) is 4.31 Å². The Balaban J connectivity index is 1.59. The number of nitrogens with zero attached hydrogens (tertiary/aromatic N) is 2. The first-order valence-electron chi connectivity index (χ1n) is 9.01. The van der Waals surface area contributed by atoms with Gasteiger partial charge in [0.05, 0.1) is 16.9 Å². The zero-order valence-corrected chi connectivity index (χ0v) is 16.6. The Morgan fingerprint density at radius 3 is 2.21 bits per heavy atom. The van der Waals surface area contributed by atoms with Gasteiger partial charge >= 0.3 is 0 Å². The number of benzene rings is 2. The van der Waals surface area contributed by atoms with E-state index in [4.69, 9.17) is 4.74 Å². The summed E-state index contributed by atoms with van der Waals surface area (Å²) in [5.41, 5.74) is 0.343. The average Bonchev–Trinajstić information content (AvgIpc) is 2.74. The molecule has 1 amide bonds. The highest BCUT2D eigenvalue weighted by molar-refractivity contribution is 7.89. The Bertz CT molecular complexity index is 982.